The van der Waals surface area contributed by atoms with E-state index in [1.807, 2.05) is 30.6 Å². The van der Waals surface area contributed by atoms with Gasteiger partial charge >= 0.3 is 0 Å². The molecule has 20 heavy (non-hydrogen) atoms. The summed E-state index contributed by atoms with van der Waals surface area (Å²) >= 11 is 1.80. The second-order valence-electron chi connectivity index (χ2n) is 4.79. The number of anilines is 1. The van der Waals surface area contributed by atoms with Crippen LogP contribution in [-0.4, -0.2) is 4.98 Å². The Bertz CT molecular complexity index is 910. The summed E-state index contributed by atoms with van der Waals surface area (Å²) in [5, 5.41) is 2.37. The van der Waals surface area contributed by atoms with E-state index in [4.69, 9.17) is 5.73 Å². The van der Waals surface area contributed by atoms with Crippen molar-refractivity contribution in [2.75, 3.05) is 5.73 Å². The van der Waals surface area contributed by atoms with E-state index in [1.54, 1.807) is 11.3 Å². The summed E-state index contributed by atoms with van der Waals surface area (Å²) in [5.74, 6) is 0. The van der Waals surface area contributed by atoms with Crippen LogP contribution in [-0.2, 0) is 0 Å². The van der Waals surface area contributed by atoms with Gasteiger partial charge < -0.3 is 5.73 Å². The molecule has 96 valence electrons. The molecule has 2 aromatic carbocycles. The molecule has 0 fully saturated rings. The zero-order valence-corrected chi connectivity index (χ0v) is 11.5. The Morgan fingerprint density at radius 2 is 1.75 bits per heavy atom. The summed E-state index contributed by atoms with van der Waals surface area (Å²) in [6, 6.07) is 16.5. The molecule has 0 spiro atoms. The van der Waals surface area contributed by atoms with E-state index in [-0.39, 0.29) is 0 Å². The van der Waals surface area contributed by atoms with E-state index in [2.05, 4.69) is 35.3 Å². The van der Waals surface area contributed by atoms with Crippen LogP contribution in [0.2, 0.25) is 0 Å². The van der Waals surface area contributed by atoms with Crippen molar-refractivity contribution < 1.29 is 0 Å². The van der Waals surface area contributed by atoms with Gasteiger partial charge in [0, 0.05) is 43.8 Å². The maximum Gasteiger partial charge on any atom is 0.0464 e. The van der Waals surface area contributed by atoms with E-state index in [1.165, 1.54) is 31.3 Å². The summed E-state index contributed by atoms with van der Waals surface area (Å²) in [7, 11) is 0. The quantitative estimate of drug-likeness (QED) is 0.512. The second-order valence-corrected chi connectivity index (χ2v) is 5.84. The van der Waals surface area contributed by atoms with Crippen LogP contribution in [0.4, 0.5) is 5.69 Å². The number of pyridine rings is 1. The van der Waals surface area contributed by atoms with Gasteiger partial charge in [0.1, 0.15) is 0 Å². The van der Waals surface area contributed by atoms with Crippen LogP contribution in [0.3, 0.4) is 0 Å². The molecule has 2 aromatic heterocycles. The molecule has 0 amide bonds. The van der Waals surface area contributed by atoms with Crippen molar-refractivity contribution in [2.24, 2.45) is 0 Å². The molecule has 2 nitrogen and oxygen atoms in total. The Morgan fingerprint density at radius 3 is 2.60 bits per heavy atom. The Hall–Kier alpha value is -2.39. The predicted octanol–water partition coefficient (Wildman–Crippen LogP) is 4.70. The number of fused-ring (bicyclic) bond motifs is 3. The number of nitrogens with zero attached hydrogens (tertiary/aromatic N) is 1. The summed E-state index contributed by atoms with van der Waals surface area (Å²) in [5.41, 5.74) is 9.08. The fourth-order valence-corrected chi connectivity index (χ4v) is 3.72. The molecule has 2 N–H and O–H groups in total. The third kappa shape index (κ3) is 1.67. The molecule has 2 heterocycles. The van der Waals surface area contributed by atoms with Crippen LogP contribution in [0.25, 0.3) is 31.3 Å². The van der Waals surface area contributed by atoms with Crippen LogP contribution in [0.15, 0.2) is 60.9 Å². The van der Waals surface area contributed by atoms with Gasteiger partial charge in [-0.1, -0.05) is 30.3 Å². The molecule has 4 rings (SSSR count). The molecule has 0 aliphatic carbocycles. The molecule has 0 saturated heterocycles. The van der Waals surface area contributed by atoms with Gasteiger partial charge in [-0.3, -0.25) is 4.98 Å². The van der Waals surface area contributed by atoms with Crippen LogP contribution in [0, 0.1) is 0 Å². The molecule has 0 bridgehead atoms. The number of hydrogen-bond donors (Lipinski definition) is 1. The molecule has 0 aliphatic rings. The van der Waals surface area contributed by atoms with E-state index in [0.29, 0.717) is 0 Å². The fourth-order valence-electron chi connectivity index (χ4n) is 2.53. The number of benzene rings is 2. The molecule has 0 atom stereocenters. The lowest BCUT2D eigenvalue weighted by atomic mass is 10.1. The van der Waals surface area contributed by atoms with E-state index in [0.717, 1.165) is 5.69 Å². The van der Waals surface area contributed by atoms with Crippen LogP contribution in [0.1, 0.15) is 0 Å². The van der Waals surface area contributed by atoms with Gasteiger partial charge in [0.2, 0.25) is 0 Å². The van der Waals surface area contributed by atoms with E-state index < -0.39 is 0 Å². The average Bonchev–Trinajstić information content (AvgIpc) is 2.86. The van der Waals surface area contributed by atoms with E-state index >= 15 is 0 Å². The Labute approximate surface area is 120 Å². The van der Waals surface area contributed by atoms with Crippen molar-refractivity contribution in [3.05, 3.63) is 60.9 Å². The summed E-state index contributed by atoms with van der Waals surface area (Å²) in [6.07, 6.45) is 3.87. The van der Waals surface area contributed by atoms with Crippen LogP contribution < -0.4 is 5.73 Å². The van der Waals surface area contributed by atoms with Crippen molar-refractivity contribution in [2.45, 2.75) is 0 Å². The second kappa shape index (κ2) is 4.32. The van der Waals surface area contributed by atoms with Crippen molar-refractivity contribution in [1.82, 2.24) is 4.98 Å². The molecule has 0 aliphatic heterocycles. The highest BCUT2D eigenvalue weighted by Crippen LogP contribution is 2.39. The first kappa shape index (κ1) is 11.4. The number of hydrogen-bond acceptors (Lipinski definition) is 3. The smallest absolute Gasteiger partial charge is 0.0464 e. The predicted molar refractivity (Wildman–Crippen MR) is 87.0 cm³/mol. The zero-order valence-electron chi connectivity index (χ0n) is 10.7. The number of nitrogen functional groups attached to an aromatic ring is 1. The first-order valence-corrected chi connectivity index (χ1v) is 7.26. The van der Waals surface area contributed by atoms with Crippen molar-refractivity contribution in [3.8, 4) is 11.1 Å². The fraction of sp³-hybridized carbons (Fsp3) is 0. The number of nitrogens with two attached hydrogens (primary N) is 1. The highest BCUT2D eigenvalue weighted by molar-refractivity contribution is 7.26. The first-order chi connectivity index (χ1) is 9.83. The third-order valence-corrected chi connectivity index (χ3v) is 4.71. The Morgan fingerprint density at radius 1 is 0.900 bits per heavy atom. The van der Waals surface area contributed by atoms with Crippen molar-refractivity contribution >= 4 is 37.2 Å². The molecule has 0 unspecified atom stereocenters. The maximum atomic E-state index is 5.91. The van der Waals surface area contributed by atoms with E-state index in [9.17, 15) is 0 Å². The maximum absolute atomic E-state index is 5.91. The minimum atomic E-state index is 0.794. The molecule has 4 aromatic rings. The van der Waals surface area contributed by atoms with Gasteiger partial charge in [0.25, 0.3) is 0 Å². The monoisotopic (exact) mass is 276 g/mol. The molecule has 0 saturated carbocycles. The summed E-state index contributed by atoms with van der Waals surface area (Å²) in [6.45, 7) is 0. The lowest BCUT2D eigenvalue weighted by Crippen LogP contribution is -1.82. The highest BCUT2D eigenvalue weighted by atomic mass is 32.1. The van der Waals surface area contributed by atoms with Gasteiger partial charge in [0.05, 0.1) is 0 Å². The average molecular weight is 276 g/mol. The normalized spacial score (nSPS) is 11.2. The zero-order chi connectivity index (χ0) is 13.5. The minimum Gasteiger partial charge on any atom is -0.399 e. The van der Waals surface area contributed by atoms with Crippen molar-refractivity contribution in [1.29, 1.82) is 0 Å². The van der Waals surface area contributed by atoms with Crippen LogP contribution >= 0.6 is 11.3 Å². The lowest BCUT2D eigenvalue weighted by molar-refractivity contribution is 1.37. The molecule has 0 radical (unpaired) electrons. The number of aromatic nitrogens is 1. The Kier molecular flexibility index (Phi) is 2.47. The number of rotatable bonds is 1. The first-order valence-electron chi connectivity index (χ1n) is 6.44. The van der Waals surface area contributed by atoms with Gasteiger partial charge in [-0.2, -0.15) is 0 Å². The van der Waals surface area contributed by atoms with Gasteiger partial charge in [-0.05, 0) is 23.8 Å². The topological polar surface area (TPSA) is 38.9 Å². The third-order valence-electron chi connectivity index (χ3n) is 3.49. The highest BCUT2D eigenvalue weighted by Gasteiger charge is 2.10. The Balaban J connectivity index is 2.11. The van der Waals surface area contributed by atoms with Gasteiger partial charge in [-0.25, -0.2) is 0 Å². The SMILES string of the molecule is Nc1ccc2sc3c(-c4ccccc4)cncc3c2c1. The number of thiophene rings is 1. The van der Waals surface area contributed by atoms with Crippen LogP contribution in [0.5, 0.6) is 0 Å². The van der Waals surface area contributed by atoms with Gasteiger partial charge in [0.15, 0.2) is 0 Å². The molecular formula is C17H12N2S. The minimum absolute atomic E-state index is 0.794. The summed E-state index contributed by atoms with van der Waals surface area (Å²) < 4.78 is 2.52. The molecule has 3 heteroatoms. The standard InChI is InChI=1S/C17H12N2S/c18-12-6-7-16-13(8-12)15-10-19-9-14(17(15)20-16)11-4-2-1-3-5-11/h1-10H,18H2. The summed E-state index contributed by atoms with van der Waals surface area (Å²) in [4.78, 5) is 4.41. The van der Waals surface area contributed by atoms with Gasteiger partial charge in [-0.15, -0.1) is 11.3 Å². The molecular weight excluding hydrogens is 264 g/mol. The van der Waals surface area contributed by atoms with Crippen molar-refractivity contribution in [3.63, 3.8) is 0 Å². The lowest BCUT2D eigenvalue weighted by Gasteiger charge is -2.02. The largest absolute Gasteiger partial charge is 0.399 e.